The average molecular weight is 477 g/mol. The van der Waals surface area contributed by atoms with Crippen molar-refractivity contribution in [2.45, 2.75) is 44.4 Å². The fraction of sp³-hybridized carbons (Fsp3) is 0.632. The largest absolute Gasteiger partial charge is 0.356 e. The molecule has 6 heteroatoms. The molecule has 0 amide bonds. The molecule has 1 saturated carbocycles. The van der Waals surface area contributed by atoms with Crippen molar-refractivity contribution in [3.8, 4) is 0 Å². The van der Waals surface area contributed by atoms with Crippen LogP contribution in [0.5, 0.6) is 0 Å². The van der Waals surface area contributed by atoms with Crippen LogP contribution in [0.3, 0.4) is 0 Å². The van der Waals surface area contributed by atoms with Crippen LogP contribution in [-0.4, -0.2) is 36.1 Å². The first-order chi connectivity index (χ1) is 11.5. The zero-order valence-corrected chi connectivity index (χ0v) is 18.7. The highest BCUT2D eigenvalue weighted by Gasteiger charge is 2.37. The van der Waals surface area contributed by atoms with Crippen LogP contribution < -0.4 is 10.6 Å². The maximum absolute atomic E-state index is 12.2. The van der Waals surface area contributed by atoms with E-state index in [1.54, 1.807) is 7.05 Å². The van der Waals surface area contributed by atoms with Crippen molar-refractivity contribution < 1.29 is 4.21 Å². The van der Waals surface area contributed by atoms with Gasteiger partial charge in [-0.05, 0) is 42.7 Å². The summed E-state index contributed by atoms with van der Waals surface area (Å²) in [7, 11) is 0.825. The van der Waals surface area contributed by atoms with Crippen molar-refractivity contribution in [3.05, 3.63) is 30.3 Å². The summed E-state index contributed by atoms with van der Waals surface area (Å²) in [5.74, 6) is 2.13. The summed E-state index contributed by atoms with van der Waals surface area (Å²) in [6.45, 7) is 6.23. The molecule has 1 aliphatic rings. The van der Waals surface area contributed by atoms with Crippen LogP contribution >= 0.6 is 24.0 Å². The van der Waals surface area contributed by atoms with E-state index in [2.05, 4.69) is 29.5 Å². The maximum atomic E-state index is 12.2. The van der Waals surface area contributed by atoms with Gasteiger partial charge in [0.25, 0.3) is 0 Å². The minimum Gasteiger partial charge on any atom is -0.356 e. The molecule has 0 radical (unpaired) electrons. The Morgan fingerprint density at radius 2 is 1.92 bits per heavy atom. The van der Waals surface area contributed by atoms with E-state index in [1.165, 1.54) is 25.7 Å². The molecular formula is C19H32IN3OS. The average Bonchev–Trinajstić information content (AvgIpc) is 2.55. The van der Waals surface area contributed by atoms with Gasteiger partial charge in [-0.1, -0.05) is 38.5 Å². The Morgan fingerprint density at radius 3 is 2.44 bits per heavy atom. The highest BCUT2D eigenvalue weighted by atomic mass is 127. The normalized spacial score (nSPS) is 17.4. The molecule has 0 aliphatic heterocycles. The molecule has 4 nitrogen and oxygen atoms in total. The minimum atomic E-state index is -0.966. The lowest BCUT2D eigenvalue weighted by Gasteiger charge is -2.43. The molecule has 0 heterocycles. The summed E-state index contributed by atoms with van der Waals surface area (Å²) in [6, 6.07) is 9.62. The number of hydrogen-bond acceptors (Lipinski definition) is 2. The van der Waals surface area contributed by atoms with E-state index in [0.29, 0.717) is 17.7 Å². The highest BCUT2D eigenvalue weighted by Crippen LogP contribution is 2.45. The molecule has 142 valence electrons. The molecule has 0 saturated heterocycles. The third-order valence-corrected chi connectivity index (χ3v) is 6.07. The third kappa shape index (κ3) is 7.25. The number of nitrogens with zero attached hydrogens (tertiary/aromatic N) is 1. The van der Waals surface area contributed by atoms with Gasteiger partial charge >= 0.3 is 0 Å². The zero-order chi connectivity index (χ0) is 17.4. The first-order valence-corrected chi connectivity index (χ1v) is 10.2. The lowest BCUT2D eigenvalue weighted by atomic mass is 9.64. The van der Waals surface area contributed by atoms with Gasteiger partial charge in [0.15, 0.2) is 5.96 Å². The summed E-state index contributed by atoms with van der Waals surface area (Å²) in [4.78, 5) is 5.18. The molecule has 0 bridgehead atoms. The third-order valence-electron chi connectivity index (χ3n) is 4.70. The van der Waals surface area contributed by atoms with Crippen LogP contribution in [-0.2, 0) is 10.8 Å². The van der Waals surface area contributed by atoms with Gasteiger partial charge in [0.1, 0.15) is 0 Å². The number of nitrogens with one attached hydrogen (secondary N) is 2. The number of hydrogen-bond donors (Lipinski definition) is 2. The summed E-state index contributed by atoms with van der Waals surface area (Å²) in [5.41, 5.74) is 0.443. The van der Waals surface area contributed by atoms with Crippen LogP contribution in [0.25, 0.3) is 0 Å². The molecule has 0 spiro atoms. The maximum Gasteiger partial charge on any atom is 0.191 e. The van der Waals surface area contributed by atoms with Gasteiger partial charge in [0.05, 0.1) is 10.8 Å². The Morgan fingerprint density at radius 1 is 1.24 bits per heavy atom. The molecule has 1 atom stereocenters. The van der Waals surface area contributed by atoms with E-state index in [0.717, 1.165) is 23.3 Å². The van der Waals surface area contributed by atoms with Gasteiger partial charge in [-0.2, -0.15) is 0 Å². The van der Waals surface area contributed by atoms with E-state index in [1.807, 2.05) is 30.3 Å². The van der Waals surface area contributed by atoms with Crippen LogP contribution in [0.15, 0.2) is 40.2 Å². The summed E-state index contributed by atoms with van der Waals surface area (Å²) in [5, 5.41) is 6.76. The van der Waals surface area contributed by atoms with Gasteiger partial charge in [-0.15, -0.1) is 24.0 Å². The Balaban J connectivity index is 0.00000312. The molecule has 25 heavy (non-hydrogen) atoms. The molecule has 1 aliphatic carbocycles. The predicted octanol–water partition coefficient (Wildman–Crippen LogP) is 3.79. The number of aliphatic imine (C=N–C) groups is 1. The second kappa shape index (κ2) is 11.2. The van der Waals surface area contributed by atoms with Crippen LogP contribution in [0.1, 0.15) is 39.5 Å². The highest BCUT2D eigenvalue weighted by molar-refractivity contribution is 14.0. The van der Waals surface area contributed by atoms with E-state index in [9.17, 15) is 4.21 Å². The molecular weight excluding hydrogens is 445 g/mol. The fourth-order valence-electron chi connectivity index (χ4n) is 3.44. The van der Waals surface area contributed by atoms with E-state index in [4.69, 9.17) is 0 Å². The molecule has 1 aromatic rings. The van der Waals surface area contributed by atoms with E-state index in [-0.39, 0.29) is 24.0 Å². The summed E-state index contributed by atoms with van der Waals surface area (Å²) in [6.07, 6.45) is 5.24. The Labute approximate surface area is 172 Å². The lowest BCUT2D eigenvalue weighted by Crippen LogP contribution is -2.47. The van der Waals surface area contributed by atoms with E-state index < -0.39 is 10.8 Å². The Hall–Kier alpha value is -0.630. The van der Waals surface area contributed by atoms with Crippen LogP contribution in [0, 0.1) is 11.3 Å². The standard InChI is InChI=1S/C19H31N3OS.HI/c1-16(2)14-19(10-7-11-19)15-22-18(20-3)21-12-13-24(23)17-8-5-4-6-9-17;/h4-6,8-9,16H,7,10-15H2,1-3H3,(H2,20,21,22);1H. The van der Waals surface area contributed by atoms with Crippen LogP contribution in [0.4, 0.5) is 0 Å². The van der Waals surface area contributed by atoms with Gasteiger partial charge in [0.2, 0.25) is 0 Å². The Bertz CT molecular complexity index is 559. The first-order valence-electron chi connectivity index (χ1n) is 8.93. The Kier molecular flexibility index (Phi) is 10.0. The summed E-state index contributed by atoms with van der Waals surface area (Å²) >= 11 is 0. The number of guanidine groups is 1. The van der Waals surface area contributed by atoms with Crippen LogP contribution in [0.2, 0.25) is 0 Å². The predicted molar refractivity (Wildman–Crippen MR) is 118 cm³/mol. The summed E-state index contributed by atoms with van der Waals surface area (Å²) < 4.78 is 12.2. The molecule has 2 N–H and O–H groups in total. The molecule has 0 aromatic heterocycles. The SMILES string of the molecule is CN=C(NCCS(=O)c1ccccc1)NCC1(CC(C)C)CCC1.I. The molecule has 1 fully saturated rings. The first kappa shape index (κ1) is 22.4. The molecule has 1 unspecified atom stereocenters. The topological polar surface area (TPSA) is 53.5 Å². The monoisotopic (exact) mass is 477 g/mol. The minimum absolute atomic E-state index is 0. The quantitative estimate of drug-likeness (QED) is 0.340. The second-order valence-corrected chi connectivity index (χ2v) is 8.74. The molecule has 2 rings (SSSR count). The second-order valence-electron chi connectivity index (χ2n) is 7.17. The smallest absolute Gasteiger partial charge is 0.191 e. The number of halogens is 1. The van der Waals surface area contributed by atoms with Gasteiger partial charge in [-0.3, -0.25) is 9.20 Å². The van der Waals surface area contributed by atoms with Gasteiger partial charge < -0.3 is 10.6 Å². The van der Waals surface area contributed by atoms with Crippen molar-refractivity contribution in [2.75, 3.05) is 25.9 Å². The lowest BCUT2D eigenvalue weighted by molar-refractivity contribution is 0.104. The molecule has 1 aromatic carbocycles. The zero-order valence-electron chi connectivity index (χ0n) is 15.6. The van der Waals surface area contributed by atoms with Crippen molar-refractivity contribution in [2.24, 2.45) is 16.3 Å². The van der Waals surface area contributed by atoms with Gasteiger partial charge in [0, 0.05) is 30.8 Å². The van der Waals surface area contributed by atoms with Crippen molar-refractivity contribution >= 4 is 40.7 Å². The van der Waals surface area contributed by atoms with Crippen molar-refractivity contribution in [1.82, 2.24) is 10.6 Å². The fourth-order valence-corrected chi connectivity index (χ4v) is 4.42. The van der Waals surface area contributed by atoms with E-state index >= 15 is 0 Å². The number of benzene rings is 1. The van der Waals surface area contributed by atoms with Gasteiger partial charge in [-0.25, -0.2) is 0 Å². The van der Waals surface area contributed by atoms with Crippen molar-refractivity contribution in [3.63, 3.8) is 0 Å². The van der Waals surface area contributed by atoms with Crippen molar-refractivity contribution in [1.29, 1.82) is 0 Å². The number of rotatable bonds is 8.